The van der Waals surface area contributed by atoms with Crippen molar-refractivity contribution in [1.82, 2.24) is 24.5 Å². The molecule has 0 spiro atoms. The summed E-state index contributed by atoms with van der Waals surface area (Å²) in [7, 11) is 1.81. The van der Waals surface area contributed by atoms with Crippen molar-refractivity contribution in [3.63, 3.8) is 0 Å². The summed E-state index contributed by atoms with van der Waals surface area (Å²) in [6, 6.07) is 0. The lowest BCUT2D eigenvalue weighted by Gasteiger charge is -2.03. The lowest BCUT2D eigenvalue weighted by molar-refractivity contribution is -0.116. The summed E-state index contributed by atoms with van der Waals surface area (Å²) < 4.78 is 3.05. The second kappa shape index (κ2) is 4.86. The molecule has 0 aliphatic heterocycles. The van der Waals surface area contributed by atoms with Crippen LogP contribution in [0.25, 0.3) is 0 Å². The van der Waals surface area contributed by atoms with E-state index in [4.69, 9.17) is 5.73 Å². The van der Waals surface area contributed by atoms with Crippen LogP contribution in [0.5, 0.6) is 0 Å². The third-order valence-corrected chi connectivity index (χ3v) is 2.37. The van der Waals surface area contributed by atoms with Crippen LogP contribution >= 0.6 is 0 Å². The van der Waals surface area contributed by atoms with E-state index >= 15 is 0 Å². The van der Waals surface area contributed by atoms with Crippen LogP contribution in [0.4, 0.5) is 11.6 Å². The Morgan fingerprint density at radius 2 is 2.28 bits per heavy atom. The number of hydrogen-bond donors (Lipinski definition) is 2. The van der Waals surface area contributed by atoms with E-state index in [0.717, 1.165) is 17.8 Å². The summed E-state index contributed by atoms with van der Waals surface area (Å²) >= 11 is 0. The van der Waals surface area contributed by atoms with Gasteiger partial charge in [-0.05, 0) is 6.42 Å². The number of nitrogens with two attached hydrogens (primary N) is 1. The molecule has 0 aliphatic rings. The van der Waals surface area contributed by atoms with Crippen molar-refractivity contribution in [2.75, 3.05) is 11.1 Å². The highest BCUT2D eigenvalue weighted by Gasteiger charge is 2.10. The van der Waals surface area contributed by atoms with Crippen molar-refractivity contribution in [3.05, 3.63) is 18.2 Å². The van der Waals surface area contributed by atoms with Gasteiger partial charge < -0.3 is 11.1 Å². The molecule has 8 heteroatoms. The summed E-state index contributed by atoms with van der Waals surface area (Å²) in [6.07, 6.45) is 3.94. The zero-order chi connectivity index (χ0) is 13.1. The molecule has 2 rings (SSSR count). The van der Waals surface area contributed by atoms with Crippen LogP contribution in [0.2, 0.25) is 0 Å². The summed E-state index contributed by atoms with van der Waals surface area (Å²) in [4.78, 5) is 15.5. The molecule has 2 aromatic rings. The Bertz CT molecular complexity index is 556. The minimum Gasteiger partial charge on any atom is -0.367 e. The van der Waals surface area contributed by atoms with Crippen molar-refractivity contribution in [2.24, 2.45) is 7.05 Å². The number of anilines is 2. The fourth-order valence-corrected chi connectivity index (χ4v) is 1.62. The van der Waals surface area contributed by atoms with Crippen molar-refractivity contribution >= 4 is 17.5 Å². The minimum atomic E-state index is -0.192. The summed E-state index contributed by atoms with van der Waals surface area (Å²) in [5.41, 5.74) is 6.94. The van der Waals surface area contributed by atoms with Gasteiger partial charge >= 0.3 is 0 Å². The quantitative estimate of drug-likeness (QED) is 0.780. The Kier molecular flexibility index (Phi) is 3.26. The van der Waals surface area contributed by atoms with E-state index in [1.807, 2.05) is 14.0 Å². The third-order valence-electron chi connectivity index (χ3n) is 2.37. The highest BCUT2D eigenvalue weighted by molar-refractivity contribution is 5.90. The molecule has 3 N–H and O–H groups in total. The summed E-state index contributed by atoms with van der Waals surface area (Å²) in [6.45, 7) is 2.05. The molecule has 0 unspecified atom stereocenters. The molecule has 1 amide bonds. The van der Waals surface area contributed by atoms with Crippen molar-refractivity contribution in [2.45, 2.75) is 19.9 Å². The SMILES string of the molecule is CCc1nn(C)cc1NC(=O)Cn1cnc(N)n1. The number of hydrogen-bond acceptors (Lipinski definition) is 5. The molecule has 0 atom stereocenters. The van der Waals surface area contributed by atoms with Gasteiger partial charge in [-0.3, -0.25) is 9.48 Å². The number of aromatic nitrogens is 5. The van der Waals surface area contributed by atoms with Crippen LogP contribution in [0.3, 0.4) is 0 Å². The summed E-state index contributed by atoms with van der Waals surface area (Å²) in [5.74, 6) is -0.0407. The minimum absolute atomic E-state index is 0.0717. The molecule has 2 heterocycles. The second-order valence-corrected chi connectivity index (χ2v) is 3.87. The van der Waals surface area contributed by atoms with Gasteiger partial charge in [0.25, 0.3) is 0 Å². The second-order valence-electron chi connectivity index (χ2n) is 3.87. The van der Waals surface area contributed by atoms with E-state index in [2.05, 4.69) is 20.5 Å². The maximum Gasteiger partial charge on any atom is 0.246 e. The number of amides is 1. The predicted octanol–water partition coefficient (Wildman–Crippen LogP) is -0.205. The molecule has 0 fully saturated rings. The fraction of sp³-hybridized carbons (Fsp3) is 0.400. The molecule has 96 valence electrons. The number of aryl methyl sites for hydroxylation is 2. The first kappa shape index (κ1) is 12.1. The van der Waals surface area contributed by atoms with E-state index in [-0.39, 0.29) is 18.4 Å². The lowest BCUT2D eigenvalue weighted by Crippen LogP contribution is -2.19. The smallest absolute Gasteiger partial charge is 0.246 e. The highest BCUT2D eigenvalue weighted by Crippen LogP contribution is 2.13. The number of nitrogen functional groups attached to an aromatic ring is 1. The Hall–Kier alpha value is -2.38. The molecular formula is C10H15N7O. The normalized spacial score (nSPS) is 10.6. The van der Waals surface area contributed by atoms with Gasteiger partial charge in [0.2, 0.25) is 11.9 Å². The Morgan fingerprint density at radius 3 is 2.89 bits per heavy atom. The average molecular weight is 249 g/mol. The molecule has 18 heavy (non-hydrogen) atoms. The van der Waals surface area contributed by atoms with Crippen LogP contribution in [0, 0.1) is 0 Å². The number of carbonyl (C=O) groups excluding carboxylic acids is 1. The van der Waals surface area contributed by atoms with E-state index in [0.29, 0.717) is 0 Å². The monoisotopic (exact) mass is 249 g/mol. The van der Waals surface area contributed by atoms with E-state index in [9.17, 15) is 4.79 Å². The molecular weight excluding hydrogens is 234 g/mol. The first-order valence-corrected chi connectivity index (χ1v) is 5.55. The largest absolute Gasteiger partial charge is 0.367 e. The van der Waals surface area contributed by atoms with Crippen LogP contribution < -0.4 is 11.1 Å². The molecule has 8 nitrogen and oxygen atoms in total. The van der Waals surface area contributed by atoms with Gasteiger partial charge in [0.15, 0.2) is 0 Å². The molecule has 0 aliphatic carbocycles. The van der Waals surface area contributed by atoms with Crippen molar-refractivity contribution < 1.29 is 4.79 Å². The maximum atomic E-state index is 11.8. The zero-order valence-corrected chi connectivity index (χ0v) is 10.3. The van der Waals surface area contributed by atoms with Crippen LogP contribution in [-0.2, 0) is 24.8 Å². The number of rotatable bonds is 4. The standard InChI is InChI=1S/C10H15N7O/c1-3-7-8(4-16(2)14-7)13-9(18)5-17-6-12-10(11)15-17/h4,6H,3,5H2,1-2H3,(H2,11,15)(H,13,18). The Balaban J connectivity index is 2.02. The number of carbonyl (C=O) groups is 1. The van der Waals surface area contributed by atoms with Gasteiger partial charge in [-0.25, -0.2) is 9.67 Å². The summed E-state index contributed by atoms with van der Waals surface area (Å²) in [5, 5.41) is 10.9. The van der Waals surface area contributed by atoms with E-state index in [1.54, 1.807) is 10.9 Å². The molecule has 0 saturated carbocycles. The average Bonchev–Trinajstić information content (AvgIpc) is 2.85. The Morgan fingerprint density at radius 1 is 1.50 bits per heavy atom. The van der Waals surface area contributed by atoms with Crippen LogP contribution in [-0.4, -0.2) is 30.5 Å². The maximum absolute atomic E-state index is 11.8. The van der Waals surface area contributed by atoms with Gasteiger partial charge in [0.1, 0.15) is 12.9 Å². The van der Waals surface area contributed by atoms with Gasteiger partial charge in [0, 0.05) is 13.2 Å². The van der Waals surface area contributed by atoms with E-state index < -0.39 is 0 Å². The van der Waals surface area contributed by atoms with Gasteiger partial charge in [-0.1, -0.05) is 6.92 Å². The topological polar surface area (TPSA) is 104 Å². The van der Waals surface area contributed by atoms with E-state index in [1.165, 1.54) is 11.0 Å². The lowest BCUT2D eigenvalue weighted by atomic mass is 10.3. The zero-order valence-electron chi connectivity index (χ0n) is 10.3. The molecule has 0 aromatic carbocycles. The number of nitrogens with one attached hydrogen (secondary N) is 1. The van der Waals surface area contributed by atoms with Crippen LogP contribution in [0.15, 0.2) is 12.5 Å². The van der Waals surface area contributed by atoms with Crippen molar-refractivity contribution in [3.8, 4) is 0 Å². The molecule has 0 saturated heterocycles. The first-order chi connectivity index (χ1) is 8.58. The van der Waals surface area contributed by atoms with Crippen LogP contribution in [0.1, 0.15) is 12.6 Å². The number of nitrogens with zero attached hydrogens (tertiary/aromatic N) is 5. The molecule has 0 radical (unpaired) electrons. The van der Waals surface area contributed by atoms with Gasteiger partial charge in [0.05, 0.1) is 11.4 Å². The fourth-order valence-electron chi connectivity index (χ4n) is 1.62. The highest BCUT2D eigenvalue weighted by atomic mass is 16.2. The third kappa shape index (κ3) is 2.65. The predicted molar refractivity (Wildman–Crippen MR) is 65.7 cm³/mol. The Labute approximate surface area is 104 Å². The van der Waals surface area contributed by atoms with Gasteiger partial charge in [-0.15, -0.1) is 5.10 Å². The molecule has 2 aromatic heterocycles. The van der Waals surface area contributed by atoms with Crippen molar-refractivity contribution in [1.29, 1.82) is 0 Å². The van der Waals surface area contributed by atoms with Gasteiger partial charge in [-0.2, -0.15) is 5.10 Å². The first-order valence-electron chi connectivity index (χ1n) is 5.55. The molecule has 0 bridgehead atoms.